The number of amides is 1. The van der Waals surface area contributed by atoms with Gasteiger partial charge in [-0.2, -0.15) is 4.31 Å². The Morgan fingerprint density at radius 3 is 2.54 bits per heavy atom. The normalized spacial score (nSPS) is 16.1. The number of nitrogens with one attached hydrogen (secondary N) is 1. The summed E-state index contributed by atoms with van der Waals surface area (Å²) in [6, 6.07) is 6.13. The first-order valence-electron chi connectivity index (χ1n) is 9.28. The Morgan fingerprint density at radius 1 is 1.25 bits per heavy atom. The number of carbonyl (C=O) groups is 1. The Balaban J connectivity index is 1.95. The summed E-state index contributed by atoms with van der Waals surface area (Å²) in [5.41, 5.74) is 2.90. The summed E-state index contributed by atoms with van der Waals surface area (Å²) >= 11 is 0. The Kier molecular flexibility index (Phi) is 8.70. The van der Waals surface area contributed by atoms with Gasteiger partial charge in [-0.3, -0.25) is 9.63 Å². The summed E-state index contributed by atoms with van der Waals surface area (Å²) in [4.78, 5) is 17.5. The minimum atomic E-state index is -3.60. The highest BCUT2D eigenvalue weighted by Crippen LogP contribution is 2.18. The van der Waals surface area contributed by atoms with Crippen LogP contribution in [0.3, 0.4) is 0 Å². The van der Waals surface area contributed by atoms with Crippen molar-refractivity contribution < 1.29 is 22.4 Å². The number of benzene rings is 1. The van der Waals surface area contributed by atoms with E-state index in [1.54, 1.807) is 12.1 Å². The molecule has 1 atom stereocenters. The van der Waals surface area contributed by atoms with Crippen LogP contribution in [-0.2, 0) is 19.7 Å². The minimum absolute atomic E-state index is 0.306. The van der Waals surface area contributed by atoms with Gasteiger partial charge in [-0.15, -0.1) is 5.92 Å². The van der Waals surface area contributed by atoms with Crippen LogP contribution in [0.2, 0.25) is 0 Å². The van der Waals surface area contributed by atoms with Gasteiger partial charge < -0.3 is 4.90 Å². The summed E-state index contributed by atoms with van der Waals surface area (Å²) in [5.74, 6) is 5.04. The molecule has 0 saturated carbocycles. The molecule has 1 aromatic carbocycles. The predicted molar refractivity (Wildman–Crippen MR) is 105 cm³/mol. The lowest BCUT2D eigenvalue weighted by atomic mass is 10.2. The lowest BCUT2D eigenvalue weighted by Gasteiger charge is -2.35. The van der Waals surface area contributed by atoms with Gasteiger partial charge in [-0.25, -0.2) is 18.3 Å². The second kappa shape index (κ2) is 11.0. The molecule has 28 heavy (non-hydrogen) atoms. The van der Waals surface area contributed by atoms with Crippen LogP contribution in [0.25, 0.3) is 0 Å². The van der Waals surface area contributed by atoms with Crippen molar-refractivity contribution in [2.45, 2.75) is 32.3 Å². The van der Waals surface area contributed by atoms with Crippen LogP contribution >= 0.6 is 0 Å². The maximum atomic E-state index is 13.1. The molecule has 1 fully saturated rings. The number of halogens is 1. The standard InChI is InChI=1S/C19H26FN3O4S/c1-2-3-4-5-6-19(27-21-16-24)15-28(25,26)23-13-11-22(12-14-23)18-9-7-17(20)8-10-18/h7-10,16,19H,2-4,11-15H2,1H3,(H,21,24). The first-order chi connectivity index (χ1) is 13.5. The van der Waals surface area contributed by atoms with Gasteiger partial charge in [0.1, 0.15) is 11.6 Å². The van der Waals surface area contributed by atoms with Gasteiger partial charge in [0.2, 0.25) is 16.4 Å². The van der Waals surface area contributed by atoms with Crippen LogP contribution < -0.4 is 10.4 Å². The Hall–Kier alpha value is -2.15. The number of unbranched alkanes of at least 4 members (excludes halogenated alkanes) is 2. The van der Waals surface area contributed by atoms with Crippen LogP contribution in [0.5, 0.6) is 0 Å². The van der Waals surface area contributed by atoms with Crippen LogP contribution in [0, 0.1) is 17.7 Å². The molecule has 1 saturated heterocycles. The molecule has 1 aromatic rings. The highest BCUT2D eigenvalue weighted by Gasteiger charge is 2.29. The molecular formula is C19H26FN3O4S. The molecule has 1 aliphatic heterocycles. The Bertz CT molecular complexity index is 782. The van der Waals surface area contributed by atoms with Crippen LogP contribution in [-0.4, -0.2) is 57.2 Å². The quantitative estimate of drug-likeness (QED) is 0.288. The number of rotatable bonds is 9. The molecule has 1 amide bonds. The number of hydrogen-bond acceptors (Lipinski definition) is 5. The highest BCUT2D eigenvalue weighted by molar-refractivity contribution is 7.89. The fourth-order valence-corrected chi connectivity index (χ4v) is 4.30. The largest absolute Gasteiger partial charge is 0.369 e. The first-order valence-corrected chi connectivity index (χ1v) is 10.9. The second-order valence-electron chi connectivity index (χ2n) is 6.41. The van der Waals surface area contributed by atoms with E-state index in [2.05, 4.69) is 11.8 Å². The number of sulfonamides is 1. The average molecular weight is 411 g/mol. The van der Waals surface area contributed by atoms with Crippen LogP contribution in [0.1, 0.15) is 26.2 Å². The van der Waals surface area contributed by atoms with E-state index in [0.29, 0.717) is 39.0 Å². The van der Waals surface area contributed by atoms with E-state index < -0.39 is 16.1 Å². The molecule has 0 radical (unpaired) electrons. The van der Waals surface area contributed by atoms with E-state index in [1.807, 2.05) is 17.3 Å². The first kappa shape index (κ1) is 22.1. The van der Waals surface area contributed by atoms with Gasteiger partial charge >= 0.3 is 0 Å². The Labute approximate surface area is 165 Å². The van der Waals surface area contributed by atoms with Crippen LogP contribution in [0.4, 0.5) is 10.1 Å². The van der Waals surface area contributed by atoms with Gasteiger partial charge in [0.05, 0.1) is 0 Å². The van der Waals surface area contributed by atoms with Gasteiger partial charge in [0.25, 0.3) is 0 Å². The molecule has 0 aliphatic carbocycles. The zero-order valence-electron chi connectivity index (χ0n) is 15.9. The molecule has 1 aliphatic rings. The lowest BCUT2D eigenvalue weighted by molar-refractivity contribution is -0.122. The van der Waals surface area contributed by atoms with Crippen molar-refractivity contribution in [1.29, 1.82) is 0 Å². The van der Waals surface area contributed by atoms with Crippen molar-refractivity contribution in [3.63, 3.8) is 0 Å². The fraction of sp³-hybridized carbons (Fsp3) is 0.526. The molecule has 1 heterocycles. The maximum Gasteiger partial charge on any atom is 0.230 e. The SMILES string of the molecule is CCCCC#CC(CS(=O)(=O)N1CCN(c2ccc(F)cc2)CC1)ONC=O. The second-order valence-corrected chi connectivity index (χ2v) is 8.42. The topological polar surface area (TPSA) is 79.0 Å². The van der Waals surface area contributed by atoms with E-state index in [0.717, 1.165) is 18.5 Å². The molecule has 0 spiro atoms. The molecule has 0 aromatic heterocycles. The zero-order chi connectivity index (χ0) is 20.4. The van der Waals surface area contributed by atoms with E-state index in [9.17, 15) is 17.6 Å². The molecule has 7 nitrogen and oxygen atoms in total. The molecule has 2 rings (SSSR count). The summed E-state index contributed by atoms with van der Waals surface area (Å²) in [7, 11) is -3.60. The third-order valence-electron chi connectivity index (χ3n) is 4.36. The molecule has 0 bridgehead atoms. The maximum absolute atomic E-state index is 13.1. The number of nitrogens with zero attached hydrogens (tertiary/aromatic N) is 2. The predicted octanol–water partition coefficient (Wildman–Crippen LogP) is 1.52. The summed E-state index contributed by atoms with van der Waals surface area (Å²) < 4.78 is 39.9. The highest BCUT2D eigenvalue weighted by atomic mass is 32.2. The summed E-state index contributed by atoms with van der Waals surface area (Å²) in [5, 5.41) is 0. The van der Waals surface area contributed by atoms with Gasteiger partial charge in [-0.1, -0.05) is 19.3 Å². The van der Waals surface area contributed by atoms with Crippen molar-refractivity contribution in [1.82, 2.24) is 9.79 Å². The molecule has 154 valence electrons. The van der Waals surface area contributed by atoms with Crippen molar-refractivity contribution in [2.24, 2.45) is 0 Å². The number of hydrogen-bond donors (Lipinski definition) is 1. The molecular weight excluding hydrogens is 385 g/mol. The number of anilines is 1. The Morgan fingerprint density at radius 2 is 1.93 bits per heavy atom. The van der Waals surface area contributed by atoms with E-state index >= 15 is 0 Å². The van der Waals surface area contributed by atoms with Crippen LogP contribution in [0.15, 0.2) is 24.3 Å². The monoisotopic (exact) mass is 411 g/mol. The van der Waals surface area contributed by atoms with Crippen molar-refractivity contribution in [3.8, 4) is 11.8 Å². The fourth-order valence-electron chi connectivity index (χ4n) is 2.84. The summed E-state index contributed by atoms with van der Waals surface area (Å²) in [6.45, 7) is 3.68. The van der Waals surface area contributed by atoms with Crippen molar-refractivity contribution >= 4 is 22.1 Å². The minimum Gasteiger partial charge on any atom is -0.369 e. The van der Waals surface area contributed by atoms with Gasteiger partial charge in [0, 0.05) is 38.3 Å². The van der Waals surface area contributed by atoms with Crippen molar-refractivity contribution in [3.05, 3.63) is 30.1 Å². The van der Waals surface area contributed by atoms with E-state index in [1.165, 1.54) is 16.4 Å². The smallest absolute Gasteiger partial charge is 0.230 e. The third kappa shape index (κ3) is 6.78. The average Bonchev–Trinajstić information content (AvgIpc) is 2.69. The van der Waals surface area contributed by atoms with E-state index in [4.69, 9.17) is 4.84 Å². The number of carbonyl (C=O) groups excluding carboxylic acids is 1. The zero-order valence-corrected chi connectivity index (χ0v) is 16.8. The van der Waals surface area contributed by atoms with Gasteiger partial charge in [0.15, 0.2) is 6.10 Å². The molecule has 9 heteroatoms. The molecule has 1 unspecified atom stereocenters. The molecule has 1 N–H and O–H groups in total. The van der Waals surface area contributed by atoms with Crippen molar-refractivity contribution in [2.75, 3.05) is 36.8 Å². The third-order valence-corrected chi connectivity index (χ3v) is 6.24. The summed E-state index contributed by atoms with van der Waals surface area (Å²) in [6.07, 6.45) is 1.97. The lowest BCUT2D eigenvalue weighted by Crippen LogP contribution is -2.50. The van der Waals surface area contributed by atoms with Gasteiger partial charge in [-0.05, 0) is 30.7 Å². The van der Waals surface area contributed by atoms with E-state index in [-0.39, 0.29) is 11.6 Å². The number of hydroxylamine groups is 1. The number of piperazine rings is 1.